The number of nitrogens with zero attached hydrogens (tertiary/aromatic N) is 1. The Bertz CT molecular complexity index is 669. The number of amides is 1. The summed E-state index contributed by atoms with van der Waals surface area (Å²) in [6, 6.07) is 10.9. The highest BCUT2D eigenvalue weighted by Gasteiger charge is 2.16. The third-order valence-electron chi connectivity index (χ3n) is 2.70. The molecule has 0 atom stereocenters. The molecule has 5 nitrogen and oxygen atoms in total. The van der Waals surface area contributed by atoms with Gasteiger partial charge in [0.2, 0.25) is 0 Å². The van der Waals surface area contributed by atoms with Crippen LogP contribution in [0.1, 0.15) is 15.9 Å². The van der Waals surface area contributed by atoms with Crippen molar-refractivity contribution in [1.29, 1.82) is 0 Å². The molecule has 102 valence electrons. The molecular weight excluding hydrogens is 280 g/mol. The second kappa shape index (κ2) is 5.71. The Kier molecular flexibility index (Phi) is 4.00. The van der Waals surface area contributed by atoms with Crippen molar-refractivity contribution in [1.82, 2.24) is 0 Å². The zero-order valence-electron chi connectivity index (χ0n) is 10.6. The van der Waals surface area contributed by atoms with Crippen molar-refractivity contribution in [3.63, 3.8) is 0 Å². The van der Waals surface area contributed by atoms with Crippen LogP contribution >= 0.6 is 11.6 Å². The van der Waals surface area contributed by atoms with Crippen LogP contribution in [0.3, 0.4) is 0 Å². The van der Waals surface area contributed by atoms with Gasteiger partial charge in [-0.1, -0.05) is 17.7 Å². The summed E-state index contributed by atoms with van der Waals surface area (Å²) in [4.78, 5) is 22.5. The van der Waals surface area contributed by atoms with Crippen LogP contribution in [0.5, 0.6) is 0 Å². The number of nitrogens with one attached hydrogen (secondary N) is 1. The highest BCUT2D eigenvalue weighted by Crippen LogP contribution is 2.25. The van der Waals surface area contributed by atoms with Gasteiger partial charge in [-0.2, -0.15) is 0 Å². The highest BCUT2D eigenvalue weighted by molar-refractivity contribution is 6.30. The van der Waals surface area contributed by atoms with Crippen molar-refractivity contribution in [2.45, 2.75) is 6.92 Å². The molecule has 1 N–H and O–H groups in total. The van der Waals surface area contributed by atoms with Gasteiger partial charge in [-0.25, -0.2) is 0 Å². The van der Waals surface area contributed by atoms with E-state index in [2.05, 4.69) is 5.32 Å². The monoisotopic (exact) mass is 290 g/mol. The van der Waals surface area contributed by atoms with Crippen molar-refractivity contribution >= 4 is 28.9 Å². The Morgan fingerprint density at radius 1 is 1.20 bits per heavy atom. The zero-order chi connectivity index (χ0) is 14.7. The number of carbonyl (C=O) groups is 1. The molecule has 0 bridgehead atoms. The van der Waals surface area contributed by atoms with E-state index in [0.29, 0.717) is 10.6 Å². The molecule has 1 amide bonds. The Morgan fingerprint density at radius 3 is 2.45 bits per heavy atom. The van der Waals surface area contributed by atoms with Crippen LogP contribution in [0.25, 0.3) is 0 Å². The maximum atomic E-state index is 12.0. The summed E-state index contributed by atoms with van der Waals surface area (Å²) in [5, 5.41) is 14.0. The summed E-state index contributed by atoms with van der Waals surface area (Å²) in [5.74, 6) is -0.423. The fourth-order valence-corrected chi connectivity index (χ4v) is 1.82. The summed E-state index contributed by atoms with van der Waals surface area (Å²) in [5.41, 5.74) is 1.17. The molecule has 0 unspecified atom stereocenters. The minimum Gasteiger partial charge on any atom is -0.316 e. The van der Waals surface area contributed by atoms with E-state index >= 15 is 0 Å². The number of nitro groups is 1. The number of rotatable bonds is 3. The minimum absolute atomic E-state index is 0.132. The third-order valence-corrected chi connectivity index (χ3v) is 2.96. The van der Waals surface area contributed by atoms with Crippen molar-refractivity contribution in [2.75, 3.05) is 5.32 Å². The van der Waals surface area contributed by atoms with Gasteiger partial charge in [0.15, 0.2) is 0 Å². The van der Waals surface area contributed by atoms with Crippen LogP contribution in [0.15, 0.2) is 42.5 Å². The van der Waals surface area contributed by atoms with Gasteiger partial charge >= 0.3 is 0 Å². The van der Waals surface area contributed by atoms with Gasteiger partial charge in [-0.3, -0.25) is 14.9 Å². The largest absolute Gasteiger partial charge is 0.316 e. The zero-order valence-corrected chi connectivity index (χ0v) is 11.3. The van der Waals surface area contributed by atoms with E-state index < -0.39 is 10.8 Å². The summed E-state index contributed by atoms with van der Waals surface area (Å²) in [6.45, 7) is 1.75. The molecule has 0 spiro atoms. The predicted molar refractivity (Wildman–Crippen MR) is 77.2 cm³/mol. The molecule has 0 fully saturated rings. The first-order valence-electron chi connectivity index (χ1n) is 5.79. The lowest BCUT2D eigenvalue weighted by atomic mass is 10.1. The van der Waals surface area contributed by atoms with Crippen molar-refractivity contribution in [3.05, 3.63) is 68.7 Å². The second-order valence-corrected chi connectivity index (χ2v) is 4.68. The summed E-state index contributed by atoms with van der Waals surface area (Å²) >= 11 is 5.74. The molecule has 0 aliphatic rings. The summed E-state index contributed by atoms with van der Waals surface area (Å²) < 4.78 is 0. The maximum Gasteiger partial charge on any atom is 0.293 e. The van der Waals surface area contributed by atoms with Gasteiger partial charge < -0.3 is 5.32 Å². The first kappa shape index (κ1) is 14.0. The molecule has 0 aromatic heterocycles. The highest BCUT2D eigenvalue weighted by atomic mass is 35.5. The van der Waals surface area contributed by atoms with Gasteiger partial charge in [0.1, 0.15) is 5.69 Å². The smallest absolute Gasteiger partial charge is 0.293 e. The lowest BCUT2D eigenvalue weighted by molar-refractivity contribution is -0.384. The Morgan fingerprint density at radius 2 is 1.85 bits per heavy atom. The first-order chi connectivity index (χ1) is 9.47. The second-order valence-electron chi connectivity index (χ2n) is 4.24. The van der Waals surface area contributed by atoms with E-state index in [1.54, 1.807) is 37.3 Å². The van der Waals surface area contributed by atoms with E-state index in [1.165, 1.54) is 12.1 Å². The Hall–Kier alpha value is -2.40. The average Bonchev–Trinajstić information content (AvgIpc) is 2.41. The van der Waals surface area contributed by atoms with Crippen molar-refractivity contribution in [2.24, 2.45) is 0 Å². The van der Waals surface area contributed by atoms with Gasteiger partial charge in [-0.15, -0.1) is 0 Å². The van der Waals surface area contributed by atoms with Crippen LogP contribution in [0, 0.1) is 17.0 Å². The number of nitro benzene ring substituents is 1. The van der Waals surface area contributed by atoms with Crippen LogP contribution in [0.2, 0.25) is 5.02 Å². The van der Waals surface area contributed by atoms with Crippen molar-refractivity contribution in [3.8, 4) is 0 Å². The molecule has 0 saturated carbocycles. The number of hydrogen-bond donors (Lipinski definition) is 1. The lowest BCUT2D eigenvalue weighted by Gasteiger charge is -2.06. The first-order valence-corrected chi connectivity index (χ1v) is 6.17. The molecule has 0 aliphatic heterocycles. The van der Waals surface area contributed by atoms with E-state index in [4.69, 9.17) is 11.6 Å². The molecule has 0 saturated heterocycles. The van der Waals surface area contributed by atoms with Gasteiger partial charge in [0.05, 0.1) is 4.92 Å². The third kappa shape index (κ3) is 3.13. The molecule has 6 heteroatoms. The number of hydrogen-bond acceptors (Lipinski definition) is 3. The molecule has 0 aliphatic carbocycles. The van der Waals surface area contributed by atoms with Crippen LogP contribution < -0.4 is 5.32 Å². The lowest BCUT2D eigenvalue weighted by Crippen LogP contribution is -2.13. The quantitative estimate of drug-likeness (QED) is 0.690. The summed E-state index contributed by atoms with van der Waals surface area (Å²) in [7, 11) is 0. The normalized spacial score (nSPS) is 10.1. The van der Waals surface area contributed by atoms with Crippen molar-refractivity contribution < 1.29 is 9.72 Å². The molecule has 0 heterocycles. The number of aryl methyl sites for hydroxylation is 1. The van der Waals surface area contributed by atoms with Crippen LogP contribution in [0.4, 0.5) is 11.4 Å². The van der Waals surface area contributed by atoms with E-state index in [0.717, 1.165) is 5.56 Å². The van der Waals surface area contributed by atoms with E-state index in [1.807, 2.05) is 0 Å². The number of anilines is 1. The molecule has 2 rings (SSSR count). The van der Waals surface area contributed by atoms with E-state index in [9.17, 15) is 14.9 Å². The fourth-order valence-electron chi connectivity index (χ4n) is 1.69. The van der Waals surface area contributed by atoms with Gasteiger partial charge in [0.25, 0.3) is 11.6 Å². The number of carbonyl (C=O) groups excluding carboxylic acids is 1. The molecule has 2 aromatic carbocycles. The van der Waals surface area contributed by atoms with Crippen LogP contribution in [-0.2, 0) is 0 Å². The van der Waals surface area contributed by atoms with Gasteiger partial charge in [-0.05, 0) is 42.8 Å². The molecule has 20 heavy (non-hydrogen) atoms. The SMILES string of the molecule is Cc1ccc(NC(=O)c2ccc(Cl)cc2)c([N+](=O)[O-])c1. The van der Waals surface area contributed by atoms with Crippen LogP contribution in [-0.4, -0.2) is 10.8 Å². The Labute approximate surface area is 120 Å². The molecular formula is C14H11ClN2O3. The van der Waals surface area contributed by atoms with Gasteiger partial charge in [0, 0.05) is 16.7 Å². The van der Waals surface area contributed by atoms with E-state index in [-0.39, 0.29) is 11.4 Å². The Balaban J connectivity index is 2.28. The standard InChI is InChI=1S/C14H11ClN2O3/c1-9-2-7-12(13(8-9)17(19)20)16-14(18)10-3-5-11(15)6-4-10/h2-8H,1H3,(H,16,18). The predicted octanol–water partition coefficient (Wildman–Crippen LogP) is 3.81. The fraction of sp³-hybridized carbons (Fsp3) is 0.0714. The number of halogens is 1. The minimum atomic E-state index is -0.523. The topological polar surface area (TPSA) is 72.2 Å². The number of benzene rings is 2. The summed E-state index contributed by atoms with van der Waals surface area (Å²) in [6.07, 6.45) is 0. The maximum absolute atomic E-state index is 12.0. The molecule has 2 aromatic rings. The molecule has 0 radical (unpaired) electrons. The average molecular weight is 291 g/mol.